The predicted octanol–water partition coefficient (Wildman–Crippen LogP) is 4.68. The second-order valence-electron chi connectivity index (χ2n) is 9.84. The first kappa shape index (κ1) is 21.1. The zero-order chi connectivity index (χ0) is 21.1. The third-order valence-electron chi connectivity index (χ3n) is 5.32. The van der Waals surface area contributed by atoms with Gasteiger partial charge in [0.1, 0.15) is 5.60 Å². The average Bonchev–Trinajstić information content (AvgIpc) is 3.09. The van der Waals surface area contributed by atoms with Crippen LogP contribution in [0.2, 0.25) is 19.6 Å². The van der Waals surface area contributed by atoms with Crippen LogP contribution in [0.1, 0.15) is 39.2 Å². The van der Waals surface area contributed by atoms with Crippen molar-refractivity contribution < 1.29 is 17.9 Å². The van der Waals surface area contributed by atoms with Gasteiger partial charge in [-0.15, -0.1) is 0 Å². The highest BCUT2D eigenvalue weighted by molar-refractivity contribution is 7.95. The van der Waals surface area contributed by atoms with Gasteiger partial charge in [-0.05, 0) is 57.9 Å². The number of carbonyl (C=O) groups excluding carboxylic acids is 1. The van der Waals surface area contributed by atoms with E-state index < -0.39 is 35.6 Å². The van der Waals surface area contributed by atoms with Crippen molar-refractivity contribution >= 4 is 24.0 Å². The van der Waals surface area contributed by atoms with Crippen molar-refractivity contribution in [2.75, 3.05) is 0 Å². The molecule has 0 spiro atoms. The van der Waals surface area contributed by atoms with E-state index in [1.54, 1.807) is 17.0 Å². The Labute approximate surface area is 169 Å². The molecule has 0 aliphatic carbocycles. The molecule has 0 aromatic heterocycles. The van der Waals surface area contributed by atoms with Crippen molar-refractivity contribution in [1.29, 1.82) is 0 Å². The first-order valence-electron chi connectivity index (χ1n) is 9.81. The molecule has 1 amide bonds. The van der Waals surface area contributed by atoms with E-state index in [1.807, 2.05) is 39.8 Å². The fourth-order valence-corrected chi connectivity index (χ4v) is 9.58. The predicted molar refractivity (Wildman–Crippen MR) is 114 cm³/mol. The maximum Gasteiger partial charge on any atom is 0.411 e. The van der Waals surface area contributed by atoms with Gasteiger partial charge in [0.05, 0.1) is 30.0 Å². The molecule has 0 saturated carbocycles. The molecular weight excluding hydrogens is 390 g/mol. The van der Waals surface area contributed by atoms with Crippen molar-refractivity contribution in [2.45, 2.75) is 82.8 Å². The molecule has 0 radical (unpaired) electrons. The second-order valence-corrected chi connectivity index (χ2v) is 16.8. The van der Waals surface area contributed by atoms with Crippen LogP contribution in [0.3, 0.4) is 0 Å². The summed E-state index contributed by atoms with van der Waals surface area (Å²) in [6, 6.07) is 6.39. The highest BCUT2D eigenvalue weighted by atomic mass is 32.2. The molecule has 0 N–H and O–H groups in total. The van der Waals surface area contributed by atoms with E-state index in [0.29, 0.717) is 16.2 Å². The summed E-state index contributed by atoms with van der Waals surface area (Å²) in [4.78, 5) is 15.4. The minimum absolute atomic E-state index is 0.165. The highest BCUT2D eigenvalue weighted by Gasteiger charge is 2.55. The van der Waals surface area contributed by atoms with Crippen LogP contribution in [0, 0.1) is 6.92 Å². The SMILES string of the molecule is Cc1ccc(S(=O)(=O)C2=C([Si](C)(C)C)[C@H]3CC[C@@H]2N3C(=O)OC(C)(C)C)cc1. The quantitative estimate of drug-likeness (QED) is 0.665. The Morgan fingerprint density at radius 1 is 1.07 bits per heavy atom. The molecule has 7 heteroatoms. The number of ether oxygens (including phenoxy) is 1. The molecule has 1 aromatic rings. The van der Waals surface area contributed by atoms with Gasteiger partial charge in [-0.25, -0.2) is 13.2 Å². The second kappa shape index (κ2) is 6.73. The zero-order valence-electron chi connectivity index (χ0n) is 17.9. The molecule has 2 aliphatic rings. The third-order valence-corrected chi connectivity index (χ3v) is 9.68. The van der Waals surface area contributed by atoms with E-state index in [0.717, 1.165) is 17.2 Å². The van der Waals surface area contributed by atoms with Gasteiger partial charge < -0.3 is 4.74 Å². The van der Waals surface area contributed by atoms with Crippen LogP contribution in [0.25, 0.3) is 0 Å². The number of aryl methyl sites for hydroxylation is 1. The number of sulfone groups is 1. The maximum atomic E-state index is 13.6. The lowest BCUT2D eigenvalue weighted by Gasteiger charge is -2.30. The van der Waals surface area contributed by atoms with Gasteiger partial charge >= 0.3 is 6.09 Å². The molecule has 3 rings (SSSR count). The highest BCUT2D eigenvalue weighted by Crippen LogP contribution is 2.49. The Morgan fingerprint density at radius 2 is 1.61 bits per heavy atom. The number of benzene rings is 1. The number of hydrogen-bond acceptors (Lipinski definition) is 4. The lowest BCUT2D eigenvalue weighted by molar-refractivity contribution is 0.0229. The summed E-state index contributed by atoms with van der Waals surface area (Å²) in [7, 11) is -5.65. The van der Waals surface area contributed by atoms with Gasteiger partial charge in [-0.1, -0.05) is 37.3 Å². The zero-order valence-corrected chi connectivity index (χ0v) is 19.7. The van der Waals surface area contributed by atoms with Crippen LogP contribution in [-0.2, 0) is 14.6 Å². The minimum Gasteiger partial charge on any atom is -0.444 e. The molecule has 154 valence electrons. The first-order valence-corrected chi connectivity index (χ1v) is 14.8. The number of rotatable bonds is 3. The van der Waals surface area contributed by atoms with Crippen molar-refractivity contribution in [1.82, 2.24) is 4.90 Å². The Balaban J connectivity index is 2.11. The monoisotopic (exact) mass is 421 g/mol. The van der Waals surface area contributed by atoms with Crippen molar-refractivity contribution in [2.24, 2.45) is 0 Å². The van der Waals surface area contributed by atoms with E-state index in [1.165, 1.54) is 0 Å². The van der Waals surface area contributed by atoms with Crippen LogP contribution in [0.15, 0.2) is 39.3 Å². The maximum absolute atomic E-state index is 13.6. The molecule has 2 bridgehead atoms. The summed E-state index contributed by atoms with van der Waals surface area (Å²) in [5, 5.41) is 0.982. The first-order chi connectivity index (χ1) is 12.7. The Morgan fingerprint density at radius 3 is 2.11 bits per heavy atom. The smallest absolute Gasteiger partial charge is 0.411 e. The van der Waals surface area contributed by atoms with Crippen LogP contribution >= 0.6 is 0 Å². The van der Waals surface area contributed by atoms with Gasteiger partial charge in [-0.3, -0.25) is 4.90 Å². The van der Waals surface area contributed by atoms with Gasteiger partial charge in [0.2, 0.25) is 9.84 Å². The van der Waals surface area contributed by atoms with Crippen molar-refractivity contribution in [3.05, 3.63) is 39.9 Å². The molecule has 1 fully saturated rings. The van der Waals surface area contributed by atoms with E-state index in [4.69, 9.17) is 4.74 Å². The van der Waals surface area contributed by atoms with E-state index >= 15 is 0 Å². The molecular formula is C21H31NO4SSi. The topological polar surface area (TPSA) is 63.7 Å². The molecule has 2 atom stereocenters. The minimum atomic E-state index is -3.66. The molecule has 5 nitrogen and oxygen atoms in total. The number of nitrogens with zero attached hydrogens (tertiary/aromatic N) is 1. The van der Waals surface area contributed by atoms with Gasteiger partial charge in [-0.2, -0.15) is 0 Å². The number of carbonyl (C=O) groups is 1. The van der Waals surface area contributed by atoms with Gasteiger partial charge in [0.15, 0.2) is 0 Å². The van der Waals surface area contributed by atoms with Crippen LogP contribution < -0.4 is 0 Å². The van der Waals surface area contributed by atoms with Crippen LogP contribution in [0.4, 0.5) is 4.79 Å². The summed E-state index contributed by atoms with van der Waals surface area (Å²) in [6.07, 6.45) is 1.05. The van der Waals surface area contributed by atoms with Crippen LogP contribution in [0.5, 0.6) is 0 Å². The van der Waals surface area contributed by atoms with E-state index in [9.17, 15) is 13.2 Å². The molecule has 28 heavy (non-hydrogen) atoms. The summed E-state index contributed by atoms with van der Waals surface area (Å²) in [5.74, 6) is 0. The van der Waals surface area contributed by atoms with E-state index in [2.05, 4.69) is 19.6 Å². The molecule has 2 aliphatic heterocycles. The Kier molecular flexibility index (Phi) is 5.07. The molecule has 1 saturated heterocycles. The average molecular weight is 422 g/mol. The molecule has 1 aromatic carbocycles. The summed E-state index contributed by atoms with van der Waals surface area (Å²) >= 11 is 0. The Bertz CT molecular complexity index is 921. The number of hydrogen-bond donors (Lipinski definition) is 0. The number of amides is 1. The van der Waals surface area contributed by atoms with Crippen molar-refractivity contribution in [3.8, 4) is 0 Å². The van der Waals surface area contributed by atoms with Gasteiger partial charge in [0.25, 0.3) is 0 Å². The summed E-state index contributed by atoms with van der Waals surface area (Å²) in [5.41, 5.74) is 0.399. The fraction of sp³-hybridized carbons (Fsp3) is 0.571. The Hall–Kier alpha value is -1.60. The molecule has 2 heterocycles. The van der Waals surface area contributed by atoms with Crippen molar-refractivity contribution in [3.63, 3.8) is 0 Å². The largest absolute Gasteiger partial charge is 0.444 e. The summed E-state index contributed by atoms with van der Waals surface area (Å²) < 4.78 is 32.9. The normalized spacial score (nSPS) is 22.8. The van der Waals surface area contributed by atoms with Crippen LogP contribution in [-0.4, -0.2) is 45.2 Å². The lowest BCUT2D eigenvalue weighted by Crippen LogP contribution is -2.43. The van der Waals surface area contributed by atoms with E-state index in [-0.39, 0.29) is 6.04 Å². The lowest BCUT2D eigenvalue weighted by atomic mass is 10.1. The standard InChI is InChI=1S/C21H31NO4SSi/c1-14-8-10-15(11-9-14)27(24,25)18-16-12-13-17(19(18)28(5,6)7)22(16)20(23)26-21(2,3)4/h8-11,16-17H,12-13H2,1-7H3/t16-,17+/m0/s1. The van der Waals surface area contributed by atoms with Gasteiger partial charge in [0, 0.05) is 0 Å². The summed E-state index contributed by atoms with van der Waals surface area (Å²) in [6.45, 7) is 13.9. The fourth-order valence-electron chi connectivity index (χ4n) is 4.30. The number of fused-ring (bicyclic) bond motifs is 2. The third kappa shape index (κ3) is 3.66. The molecule has 0 unspecified atom stereocenters.